The van der Waals surface area contributed by atoms with Crippen LogP contribution in [0.4, 0.5) is 0 Å². The molecular formula is C20H26O5. The van der Waals surface area contributed by atoms with Gasteiger partial charge in [-0.1, -0.05) is 6.92 Å². The van der Waals surface area contributed by atoms with E-state index < -0.39 is 17.3 Å². The summed E-state index contributed by atoms with van der Waals surface area (Å²) >= 11 is 0. The van der Waals surface area contributed by atoms with E-state index in [2.05, 4.69) is 6.92 Å². The standard InChI is InChI=1S/C20H26O5/c1-11(21)24-16-4-3-13-12-5-10-20-17(25-20)15(22)7-9-19(20,23)14(12)6-8-18(13,16)2/h7,9,12-14,16-17,23H,3-6,8,10H2,1-2H3/t12?,13?,14?,16-,17-,18-,19-,20-/m0/s1. The molecular weight excluding hydrogens is 320 g/mol. The smallest absolute Gasteiger partial charge is 0.302 e. The molecule has 4 fully saturated rings. The second-order valence-corrected chi connectivity index (χ2v) is 9.08. The Morgan fingerprint density at radius 1 is 1.24 bits per heavy atom. The molecule has 5 rings (SSSR count). The van der Waals surface area contributed by atoms with Gasteiger partial charge in [0.2, 0.25) is 0 Å². The summed E-state index contributed by atoms with van der Waals surface area (Å²) in [5, 5.41) is 11.6. The van der Waals surface area contributed by atoms with Gasteiger partial charge in [0.25, 0.3) is 0 Å². The topological polar surface area (TPSA) is 76.1 Å². The number of carbonyl (C=O) groups is 2. The minimum atomic E-state index is -1.02. The van der Waals surface area contributed by atoms with Gasteiger partial charge in [-0.2, -0.15) is 0 Å². The van der Waals surface area contributed by atoms with Crippen molar-refractivity contribution in [3.63, 3.8) is 0 Å². The molecule has 1 N–H and O–H groups in total. The highest BCUT2D eigenvalue weighted by Crippen LogP contribution is 2.67. The largest absolute Gasteiger partial charge is 0.462 e. The third-order valence-corrected chi connectivity index (χ3v) is 8.21. The van der Waals surface area contributed by atoms with Gasteiger partial charge in [0.05, 0.1) is 0 Å². The minimum Gasteiger partial charge on any atom is -0.462 e. The first-order valence-electron chi connectivity index (χ1n) is 9.62. The third-order valence-electron chi connectivity index (χ3n) is 8.21. The van der Waals surface area contributed by atoms with Gasteiger partial charge >= 0.3 is 5.97 Å². The van der Waals surface area contributed by atoms with Crippen molar-refractivity contribution < 1.29 is 24.2 Å². The fourth-order valence-corrected chi connectivity index (χ4v) is 7.00. The highest BCUT2D eigenvalue weighted by atomic mass is 16.6. The van der Waals surface area contributed by atoms with Gasteiger partial charge in [-0.25, -0.2) is 0 Å². The summed E-state index contributed by atoms with van der Waals surface area (Å²) in [7, 11) is 0. The number of epoxide rings is 1. The first kappa shape index (κ1) is 16.0. The summed E-state index contributed by atoms with van der Waals surface area (Å²) in [6, 6.07) is 0. The number of ketones is 1. The molecule has 0 bridgehead atoms. The molecule has 0 aromatic heterocycles. The summed E-state index contributed by atoms with van der Waals surface area (Å²) < 4.78 is 11.5. The van der Waals surface area contributed by atoms with Gasteiger partial charge in [0.15, 0.2) is 11.9 Å². The van der Waals surface area contributed by atoms with Gasteiger partial charge in [0.1, 0.15) is 17.3 Å². The van der Waals surface area contributed by atoms with Crippen molar-refractivity contribution in [2.45, 2.75) is 75.8 Å². The molecule has 136 valence electrons. The number of esters is 1. The second kappa shape index (κ2) is 4.74. The normalized spacial score (nSPS) is 55.6. The Morgan fingerprint density at radius 2 is 2.04 bits per heavy atom. The number of aliphatic hydroxyl groups is 1. The molecule has 0 amide bonds. The number of carbonyl (C=O) groups excluding carboxylic acids is 2. The molecule has 5 aliphatic rings. The Morgan fingerprint density at radius 3 is 2.80 bits per heavy atom. The maximum absolute atomic E-state index is 12.0. The molecule has 5 nitrogen and oxygen atoms in total. The number of hydrogen-bond acceptors (Lipinski definition) is 5. The number of fused-ring (bicyclic) bond motifs is 4. The van der Waals surface area contributed by atoms with E-state index in [1.165, 1.54) is 13.0 Å². The molecule has 3 unspecified atom stereocenters. The second-order valence-electron chi connectivity index (χ2n) is 9.08. The van der Waals surface area contributed by atoms with Gasteiger partial charge < -0.3 is 14.6 Å². The van der Waals surface area contributed by atoms with E-state index in [-0.39, 0.29) is 29.2 Å². The number of rotatable bonds is 1. The molecule has 3 saturated carbocycles. The van der Waals surface area contributed by atoms with Crippen molar-refractivity contribution in [1.82, 2.24) is 0 Å². The van der Waals surface area contributed by atoms with Crippen molar-refractivity contribution in [3.05, 3.63) is 12.2 Å². The molecule has 8 atom stereocenters. The first-order chi connectivity index (χ1) is 11.8. The van der Waals surface area contributed by atoms with Crippen molar-refractivity contribution in [1.29, 1.82) is 0 Å². The van der Waals surface area contributed by atoms with Crippen molar-refractivity contribution in [2.75, 3.05) is 0 Å². The van der Waals surface area contributed by atoms with Gasteiger partial charge in [0, 0.05) is 12.3 Å². The van der Waals surface area contributed by atoms with E-state index in [1.54, 1.807) is 6.08 Å². The summed E-state index contributed by atoms with van der Waals surface area (Å²) in [6.45, 7) is 3.75. The maximum atomic E-state index is 12.0. The van der Waals surface area contributed by atoms with Crippen LogP contribution in [0.15, 0.2) is 12.2 Å². The van der Waals surface area contributed by atoms with E-state index in [0.29, 0.717) is 11.8 Å². The van der Waals surface area contributed by atoms with E-state index in [4.69, 9.17) is 9.47 Å². The monoisotopic (exact) mass is 346 g/mol. The minimum absolute atomic E-state index is 0.000406. The Kier molecular flexibility index (Phi) is 3.04. The van der Waals surface area contributed by atoms with E-state index in [9.17, 15) is 14.7 Å². The van der Waals surface area contributed by atoms with Crippen LogP contribution in [0.5, 0.6) is 0 Å². The molecule has 1 aliphatic heterocycles. The lowest BCUT2D eigenvalue weighted by Crippen LogP contribution is -2.62. The van der Waals surface area contributed by atoms with E-state index in [1.807, 2.05) is 0 Å². The van der Waals surface area contributed by atoms with E-state index in [0.717, 1.165) is 38.5 Å². The van der Waals surface area contributed by atoms with Crippen LogP contribution >= 0.6 is 0 Å². The highest BCUT2D eigenvalue weighted by molar-refractivity contribution is 5.98. The molecule has 0 aromatic carbocycles. The zero-order chi connectivity index (χ0) is 17.6. The SMILES string of the molecule is CC(=O)O[C@H]1CCC2C3CC[C@]45O[C@H]4C(=O)C=C[C@]5(O)C3CC[C@@]21C. The molecule has 5 heteroatoms. The van der Waals surface area contributed by atoms with Gasteiger partial charge in [-0.3, -0.25) is 9.59 Å². The van der Waals surface area contributed by atoms with Crippen LogP contribution in [0.3, 0.4) is 0 Å². The molecule has 25 heavy (non-hydrogen) atoms. The molecule has 1 heterocycles. The highest BCUT2D eigenvalue weighted by Gasteiger charge is 2.77. The predicted octanol–water partition coefficient (Wildman–Crippen LogP) is 2.16. The van der Waals surface area contributed by atoms with Gasteiger partial charge in [-0.15, -0.1) is 0 Å². The van der Waals surface area contributed by atoms with Crippen LogP contribution in [0.2, 0.25) is 0 Å². The van der Waals surface area contributed by atoms with Crippen molar-refractivity contribution in [3.8, 4) is 0 Å². The van der Waals surface area contributed by atoms with Crippen LogP contribution in [-0.4, -0.2) is 40.3 Å². The molecule has 1 spiro atoms. The van der Waals surface area contributed by atoms with Crippen molar-refractivity contribution >= 4 is 11.8 Å². The molecule has 1 saturated heterocycles. The fraction of sp³-hybridized carbons (Fsp3) is 0.800. The summed E-state index contributed by atoms with van der Waals surface area (Å²) in [6.07, 6.45) is 8.35. The van der Waals surface area contributed by atoms with Crippen LogP contribution in [0.1, 0.15) is 52.4 Å². The number of hydrogen-bond donors (Lipinski definition) is 1. The Bertz CT molecular complexity index is 686. The Hall–Kier alpha value is -1.20. The quantitative estimate of drug-likeness (QED) is 0.582. The molecule has 0 radical (unpaired) electrons. The zero-order valence-electron chi connectivity index (χ0n) is 14.9. The summed E-state index contributed by atoms with van der Waals surface area (Å²) in [5.41, 5.74) is -1.68. The van der Waals surface area contributed by atoms with Crippen LogP contribution in [-0.2, 0) is 19.1 Å². The first-order valence-corrected chi connectivity index (χ1v) is 9.62. The fourth-order valence-electron chi connectivity index (χ4n) is 7.00. The maximum Gasteiger partial charge on any atom is 0.302 e. The average molecular weight is 346 g/mol. The zero-order valence-corrected chi connectivity index (χ0v) is 14.9. The van der Waals surface area contributed by atoms with Crippen LogP contribution in [0.25, 0.3) is 0 Å². The lowest BCUT2D eigenvalue weighted by molar-refractivity contribution is -0.167. The summed E-state index contributed by atoms with van der Waals surface area (Å²) in [5.74, 6) is 0.792. The van der Waals surface area contributed by atoms with Crippen LogP contribution < -0.4 is 0 Å². The lowest BCUT2D eigenvalue weighted by Gasteiger charge is -2.56. The van der Waals surface area contributed by atoms with Gasteiger partial charge in [-0.05, 0) is 68.4 Å². The Balaban J connectivity index is 1.47. The Labute approximate surface area is 147 Å². The summed E-state index contributed by atoms with van der Waals surface area (Å²) in [4.78, 5) is 23.5. The third kappa shape index (κ3) is 1.81. The number of ether oxygens (including phenoxy) is 2. The lowest BCUT2D eigenvalue weighted by atomic mass is 9.49. The van der Waals surface area contributed by atoms with Crippen LogP contribution in [0, 0.1) is 23.2 Å². The average Bonchev–Trinajstić information content (AvgIpc) is 3.22. The molecule has 0 aromatic rings. The molecule has 4 aliphatic carbocycles. The van der Waals surface area contributed by atoms with E-state index >= 15 is 0 Å². The van der Waals surface area contributed by atoms with Crippen molar-refractivity contribution in [2.24, 2.45) is 23.2 Å². The predicted molar refractivity (Wildman–Crippen MR) is 88.5 cm³/mol.